The molecule has 2 aromatic rings. The average molecular weight is 368 g/mol. The monoisotopic (exact) mass is 368 g/mol. The Morgan fingerprint density at radius 1 is 1.44 bits per heavy atom. The van der Waals surface area contributed by atoms with Gasteiger partial charge < -0.3 is 26.3 Å². The summed E-state index contributed by atoms with van der Waals surface area (Å²) in [6.45, 7) is 1.54. The van der Waals surface area contributed by atoms with Crippen LogP contribution in [0.2, 0.25) is 0 Å². The van der Waals surface area contributed by atoms with Gasteiger partial charge in [0.25, 0.3) is 5.56 Å². The predicted molar refractivity (Wildman–Crippen MR) is 107 cm³/mol. The standard InChI is InChI=1S/C19H24N6O2/c1-21-17-10-13(4-7-22-17)14-9-16(19(27)23-11-14)24-15-5-8-25(12-15)18(26)3-2-6-20/h2-4,7,9-11,15,24H,5-6,8,12,20H2,1H3,(H,21,22)(H,23,27)/b3-2+/t15-/m0/s1. The van der Waals surface area contributed by atoms with Gasteiger partial charge in [-0.3, -0.25) is 9.59 Å². The number of aromatic amines is 1. The van der Waals surface area contributed by atoms with Crippen molar-refractivity contribution in [3.63, 3.8) is 0 Å². The zero-order valence-electron chi connectivity index (χ0n) is 15.2. The maximum absolute atomic E-state index is 12.2. The van der Waals surface area contributed by atoms with Crippen LogP contribution in [0.15, 0.2) is 47.5 Å². The highest BCUT2D eigenvalue weighted by Gasteiger charge is 2.25. The van der Waals surface area contributed by atoms with Gasteiger partial charge in [-0.2, -0.15) is 0 Å². The van der Waals surface area contributed by atoms with E-state index in [1.165, 1.54) is 6.08 Å². The van der Waals surface area contributed by atoms with Gasteiger partial charge in [0.1, 0.15) is 11.5 Å². The predicted octanol–water partition coefficient (Wildman–Crippen LogP) is 1.01. The first kappa shape index (κ1) is 18.7. The van der Waals surface area contributed by atoms with E-state index < -0.39 is 0 Å². The van der Waals surface area contributed by atoms with Crippen LogP contribution in [-0.2, 0) is 4.79 Å². The van der Waals surface area contributed by atoms with Gasteiger partial charge in [0.05, 0.1) is 0 Å². The fraction of sp³-hybridized carbons (Fsp3) is 0.316. The van der Waals surface area contributed by atoms with Crippen LogP contribution in [0.1, 0.15) is 6.42 Å². The summed E-state index contributed by atoms with van der Waals surface area (Å²) < 4.78 is 0. The number of hydrogen-bond acceptors (Lipinski definition) is 6. The first-order valence-electron chi connectivity index (χ1n) is 8.89. The zero-order valence-corrected chi connectivity index (χ0v) is 15.2. The zero-order chi connectivity index (χ0) is 19.2. The van der Waals surface area contributed by atoms with Crippen LogP contribution in [0.3, 0.4) is 0 Å². The molecule has 8 nitrogen and oxygen atoms in total. The Hall–Kier alpha value is -3.13. The third-order valence-electron chi connectivity index (χ3n) is 4.51. The molecule has 1 aliphatic rings. The maximum Gasteiger partial charge on any atom is 0.271 e. The summed E-state index contributed by atoms with van der Waals surface area (Å²) in [5.74, 6) is 0.701. The molecular formula is C19H24N6O2. The fourth-order valence-corrected chi connectivity index (χ4v) is 3.08. The highest BCUT2D eigenvalue weighted by atomic mass is 16.2. The molecule has 1 fully saturated rings. The molecule has 27 heavy (non-hydrogen) atoms. The van der Waals surface area contributed by atoms with Crippen LogP contribution < -0.4 is 21.9 Å². The van der Waals surface area contributed by atoms with Crippen molar-refractivity contribution < 1.29 is 4.79 Å². The quantitative estimate of drug-likeness (QED) is 0.566. The van der Waals surface area contributed by atoms with Crippen molar-refractivity contribution in [2.45, 2.75) is 12.5 Å². The molecule has 3 rings (SSSR count). The second-order valence-corrected chi connectivity index (χ2v) is 6.36. The second-order valence-electron chi connectivity index (χ2n) is 6.36. The van der Waals surface area contributed by atoms with Crippen LogP contribution in [0, 0.1) is 0 Å². The molecule has 8 heteroatoms. The third-order valence-corrected chi connectivity index (χ3v) is 4.51. The number of anilines is 2. The topological polar surface area (TPSA) is 116 Å². The van der Waals surface area contributed by atoms with Crippen molar-refractivity contribution in [2.24, 2.45) is 5.73 Å². The maximum atomic E-state index is 12.2. The van der Waals surface area contributed by atoms with Crippen molar-refractivity contribution in [2.75, 3.05) is 37.3 Å². The van der Waals surface area contributed by atoms with Crippen LogP contribution in [-0.4, -0.2) is 53.5 Å². The van der Waals surface area contributed by atoms with E-state index in [-0.39, 0.29) is 17.5 Å². The van der Waals surface area contributed by atoms with Gasteiger partial charge in [-0.25, -0.2) is 4.98 Å². The summed E-state index contributed by atoms with van der Waals surface area (Å²) in [7, 11) is 1.81. The molecule has 1 saturated heterocycles. The second kappa shape index (κ2) is 8.50. The number of likely N-dealkylation sites (tertiary alicyclic amines) is 1. The van der Waals surface area contributed by atoms with Crippen molar-refractivity contribution >= 4 is 17.4 Å². The Kier molecular flexibility index (Phi) is 5.87. The Morgan fingerprint density at radius 3 is 3.07 bits per heavy atom. The first-order chi connectivity index (χ1) is 13.1. The molecule has 142 valence electrons. The van der Waals surface area contributed by atoms with E-state index in [9.17, 15) is 9.59 Å². The molecule has 2 aromatic heterocycles. The molecule has 3 heterocycles. The lowest BCUT2D eigenvalue weighted by Gasteiger charge is -2.16. The van der Waals surface area contributed by atoms with Crippen molar-refractivity contribution in [3.8, 4) is 11.1 Å². The summed E-state index contributed by atoms with van der Waals surface area (Å²) in [4.78, 5) is 33.0. The van der Waals surface area contributed by atoms with Gasteiger partial charge in [-0.15, -0.1) is 0 Å². The van der Waals surface area contributed by atoms with Gasteiger partial charge in [-0.1, -0.05) is 6.08 Å². The van der Waals surface area contributed by atoms with Gasteiger partial charge in [0.2, 0.25) is 5.91 Å². The number of amides is 1. The molecule has 0 aliphatic carbocycles. The lowest BCUT2D eigenvalue weighted by atomic mass is 10.1. The largest absolute Gasteiger partial charge is 0.376 e. The minimum absolute atomic E-state index is 0.0295. The lowest BCUT2D eigenvalue weighted by Crippen LogP contribution is -2.31. The minimum Gasteiger partial charge on any atom is -0.376 e. The number of pyridine rings is 2. The number of aromatic nitrogens is 2. The SMILES string of the molecule is CNc1cc(-c2c[nH]c(=O)c(N[C@H]3CCN(C(=O)/C=C/CN)C3)c2)ccn1. The number of hydrogen-bond donors (Lipinski definition) is 4. The molecule has 5 N–H and O–H groups in total. The Bertz CT molecular complexity index is 892. The molecule has 0 bridgehead atoms. The molecule has 0 spiro atoms. The fourth-order valence-electron chi connectivity index (χ4n) is 3.08. The van der Waals surface area contributed by atoms with Crippen LogP contribution >= 0.6 is 0 Å². The number of nitrogens with zero attached hydrogens (tertiary/aromatic N) is 2. The smallest absolute Gasteiger partial charge is 0.271 e. The molecule has 0 aromatic carbocycles. The molecule has 0 unspecified atom stereocenters. The number of rotatable bonds is 6. The highest BCUT2D eigenvalue weighted by Crippen LogP contribution is 2.22. The summed E-state index contributed by atoms with van der Waals surface area (Å²) >= 11 is 0. The Balaban J connectivity index is 1.73. The van der Waals surface area contributed by atoms with Crippen molar-refractivity contribution in [1.29, 1.82) is 0 Å². The van der Waals surface area contributed by atoms with E-state index in [1.807, 2.05) is 25.2 Å². The van der Waals surface area contributed by atoms with Crippen LogP contribution in [0.4, 0.5) is 11.5 Å². The number of nitrogens with two attached hydrogens (primary N) is 1. The normalized spacial score (nSPS) is 16.7. The van der Waals surface area contributed by atoms with Gasteiger partial charge in [0, 0.05) is 56.8 Å². The van der Waals surface area contributed by atoms with Gasteiger partial charge in [-0.05, 0) is 30.2 Å². The number of nitrogens with one attached hydrogen (secondary N) is 3. The van der Waals surface area contributed by atoms with E-state index in [0.29, 0.717) is 25.3 Å². The Morgan fingerprint density at radius 2 is 2.30 bits per heavy atom. The summed E-state index contributed by atoms with van der Waals surface area (Å²) in [6.07, 6.45) is 7.33. The third kappa shape index (κ3) is 4.53. The number of carbonyl (C=O) groups excluding carboxylic acids is 1. The number of H-pyrrole nitrogens is 1. The molecule has 1 atom stereocenters. The van der Waals surface area contributed by atoms with Crippen LogP contribution in [0.25, 0.3) is 11.1 Å². The van der Waals surface area contributed by atoms with E-state index in [1.54, 1.807) is 23.4 Å². The average Bonchev–Trinajstić information content (AvgIpc) is 3.16. The van der Waals surface area contributed by atoms with Crippen molar-refractivity contribution in [3.05, 3.63) is 53.1 Å². The lowest BCUT2D eigenvalue weighted by molar-refractivity contribution is -0.125. The molecule has 1 amide bonds. The summed E-state index contributed by atoms with van der Waals surface area (Å²) in [5.41, 5.74) is 7.52. The Labute approximate surface area is 157 Å². The van der Waals surface area contributed by atoms with E-state index >= 15 is 0 Å². The van der Waals surface area contributed by atoms with Crippen molar-refractivity contribution in [1.82, 2.24) is 14.9 Å². The molecule has 1 aliphatic heterocycles. The minimum atomic E-state index is -0.186. The van der Waals surface area contributed by atoms with Gasteiger partial charge in [0.15, 0.2) is 0 Å². The first-order valence-corrected chi connectivity index (χ1v) is 8.89. The molecular weight excluding hydrogens is 344 g/mol. The molecule has 0 saturated carbocycles. The summed E-state index contributed by atoms with van der Waals surface area (Å²) in [6, 6.07) is 5.66. The number of carbonyl (C=O) groups is 1. The van der Waals surface area contributed by atoms with Crippen LogP contribution in [0.5, 0.6) is 0 Å². The van der Waals surface area contributed by atoms with E-state index in [4.69, 9.17) is 5.73 Å². The highest BCUT2D eigenvalue weighted by molar-refractivity contribution is 5.87. The van der Waals surface area contributed by atoms with Gasteiger partial charge >= 0.3 is 0 Å². The summed E-state index contributed by atoms with van der Waals surface area (Å²) in [5, 5.41) is 6.27. The van der Waals surface area contributed by atoms with E-state index in [2.05, 4.69) is 20.6 Å². The van der Waals surface area contributed by atoms with E-state index in [0.717, 1.165) is 23.4 Å². The molecule has 0 radical (unpaired) electrons.